The number of imidazole rings is 1. The van der Waals surface area contributed by atoms with Crippen LogP contribution in [-0.2, 0) is 0 Å². The van der Waals surface area contributed by atoms with Gasteiger partial charge in [0, 0.05) is 43.0 Å². The number of benzene rings is 2. The Morgan fingerprint density at radius 2 is 1.88 bits per heavy atom. The summed E-state index contributed by atoms with van der Waals surface area (Å²) in [5.74, 6) is 1.63. The first-order chi connectivity index (χ1) is 16.0. The fourth-order valence-corrected chi connectivity index (χ4v) is 4.39. The molecule has 7 nitrogen and oxygen atoms in total. The molecule has 0 saturated carbocycles. The number of para-hydroxylation sites is 1. The van der Waals surface area contributed by atoms with E-state index in [-0.39, 0.29) is 6.03 Å². The molecule has 0 spiro atoms. The van der Waals surface area contributed by atoms with Gasteiger partial charge < -0.3 is 20.1 Å². The molecule has 1 fully saturated rings. The van der Waals surface area contributed by atoms with Crippen LogP contribution in [0.15, 0.2) is 54.7 Å². The number of aromatic nitrogens is 3. The van der Waals surface area contributed by atoms with Crippen LogP contribution in [0.4, 0.5) is 16.3 Å². The van der Waals surface area contributed by atoms with Gasteiger partial charge in [0.25, 0.3) is 0 Å². The Bertz CT molecular complexity index is 1290. The first kappa shape index (κ1) is 21.6. The zero-order valence-electron chi connectivity index (χ0n) is 18.0. The Labute approximate surface area is 201 Å². The highest BCUT2D eigenvalue weighted by Crippen LogP contribution is 2.26. The van der Waals surface area contributed by atoms with Crippen LogP contribution in [-0.4, -0.2) is 52.1 Å². The summed E-state index contributed by atoms with van der Waals surface area (Å²) in [6.45, 7) is 4.52. The lowest BCUT2D eigenvalue weighted by Gasteiger charge is -2.35. The summed E-state index contributed by atoms with van der Waals surface area (Å²) >= 11 is 12.3. The number of anilines is 2. The molecule has 0 atom stereocenters. The smallest absolute Gasteiger partial charge is 0.322 e. The molecule has 1 aliphatic heterocycles. The molecular weight excluding hydrogens is 459 g/mol. The highest BCUT2D eigenvalue weighted by atomic mass is 35.5. The first-order valence-electron chi connectivity index (χ1n) is 10.7. The molecule has 0 aliphatic carbocycles. The van der Waals surface area contributed by atoms with Crippen molar-refractivity contribution >= 4 is 51.8 Å². The minimum Gasteiger partial charge on any atom is -0.353 e. The number of rotatable bonds is 3. The van der Waals surface area contributed by atoms with Gasteiger partial charge in [0.2, 0.25) is 0 Å². The van der Waals surface area contributed by atoms with Gasteiger partial charge in [-0.25, -0.2) is 14.8 Å². The van der Waals surface area contributed by atoms with Gasteiger partial charge in [0.1, 0.15) is 11.6 Å². The average molecular weight is 481 g/mol. The van der Waals surface area contributed by atoms with Gasteiger partial charge in [-0.15, -0.1) is 0 Å². The molecule has 9 heteroatoms. The SMILES string of the molecule is Cc1cccc(Cl)c1NC(=O)N1CCN(c2ccc(-c3nc4ccc(Cl)cc4[nH]3)cn2)CC1. The molecule has 2 aromatic carbocycles. The third-order valence-electron chi connectivity index (χ3n) is 5.81. The number of aryl methyl sites for hydroxylation is 1. The van der Waals surface area contributed by atoms with Gasteiger partial charge in [0.05, 0.1) is 21.7 Å². The van der Waals surface area contributed by atoms with Crippen molar-refractivity contribution in [2.75, 3.05) is 36.4 Å². The Hall–Kier alpha value is -3.29. The number of nitrogens with zero attached hydrogens (tertiary/aromatic N) is 4. The van der Waals surface area contributed by atoms with Crippen LogP contribution in [0.3, 0.4) is 0 Å². The number of carbonyl (C=O) groups excluding carboxylic acids is 1. The van der Waals surface area contributed by atoms with Crippen LogP contribution in [0.5, 0.6) is 0 Å². The summed E-state index contributed by atoms with van der Waals surface area (Å²) in [4.78, 5) is 29.2. The van der Waals surface area contributed by atoms with Gasteiger partial charge in [-0.05, 0) is 48.9 Å². The van der Waals surface area contributed by atoms with E-state index >= 15 is 0 Å². The third kappa shape index (κ3) is 4.47. The number of aromatic amines is 1. The van der Waals surface area contributed by atoms with Gasteiger partial charge in [-0.1, -0.05) is 35.3 Å². The van der Waals surface area contributed by atoms with Crippen LogP contribution >= 0.6 is 23.2 Å². The van der Waals surface area contributed by atoms with Crippen LogP contribution < -0.4 is 10.2 Å². The van der Waals surface area contributed by atoms with Crippen LogP contribution in [0.1, 0.15) is 5.56 Å². The number of H-pyrrole nitrogens is 1. The summed E-state index contributed by atoms with van der Waals surface area (Å²) in [5.41, 5.74) is 4.25. The second-order valence-electron chi connectivity index (χ2n) is 7.99. The van der Waals surface area contributed by atoms with Crippen molar-refractivity contribution in [2.45, 2.75) is 6.92 Å². The number of piperazine rings is 1. The minimum absolute atomic E-state index is 0.140. The monoisotopic (exact) mass is 480 g/mol. The standard InChI is InChI=1S/C24H22Cl2N6O/c1-15-3-2-4-18(26)22(15)30-24(33)32-11-9-31(10-12-32)21-8-5-16(14-27-21)23-28-19-7-6-17(25)13-20(19)29-23/h2-8,13-14H,9-12H2,1H3,(H,28,29)(H,30,33). The molecule has 2 aromatic heterocycles. The summed E-state index contributed by atoms with van der Waals surface area (Å²) < 4.78 is 0. The fourth-order valence-electron chi connectivity index (χ4n) is 3.95. The second-order valence-corrected chi connectivity index (χ2v) is 8.83. The summed E-state index contributed by atoms with van der Waals surface area (Å²) in [6, 6.07) is 15.0. The number of urea groups is 1. The zero-order chi connectivity index (χ0) is 22.9. The fraction of sp³-hybridized carbons (Fsp3) is 0.208. The zero-order valence-corrected chi connectivity index (χ0v) is 19.5. The number of fused-ring (bicyclic) bond motifs is 1. The first-order valence-corrected chi connectivity index (χ1v) is 11.4. The van der Waals surface area contributed by atoms with E-state index in [1.54, 1.807) is 11.0 Å². The van der Waals surface area contributed by atoms with Crippen LogP contribution in [0.2, 0.25) is 10.0 Å². The Morgan fingerprint density at radius 3 is 2.61 bits per heavy atom. The molecule has 1 saturated heterocycles. The number of pyridine rings is 1. The molecule has 0 radical (unpaired) electrons. The van der Waals surface area contributed by atoms with Gasteiger partial charge >= 0.3 is 6.03 Å². The van der Waals surface area contributed by atoms with E-state index in [1.807, 2.05) is 55.6 Å². The predicted molar refractivity (Wildman–Crippen MR) is 133 cm³/mol. The number of halogens is 2. The average Bonchev–Trinajstić information content (AvgIpc) is 3.25. The number of amides is 2. The van der Waals surface area contributed by atoms with E-state index in [2.05, 4.69) is 25.2 Å². The van der Waals surface area contributed by atoms with Crippen LogP contribution in [0.25, 0.3) is 22.4 Å². The Morgan fingerprint density at radius 1 is 1.06 bits per heavy atom. The lowest BCUT2D eigenvalue weighted by atomic mass is 10.2. The van der Waals surface area contributed by atoms with Crippen molar-refractivity contribution in [1.82, 2.24) is 19.9 Å². The molecule has 33 heavy (non-hydrogen) atoms. The highest BCUT2D eigenvalue weighted by Gasteiger charge is 2.23. The molecule has 2 N–H and O–H groups in total. The Kier molecular flexibility index (Phi) is 5.83. The molecule has 0 unspecified atom stereocenters. The normalized spacial score (nSPS) is 14.0. The minimum atomic E-state index is -0.140. The summed E-state index contributed by atoms with van der Waals surface area (Å²) in [7, 11) is 0. The van der Waals surface area contributed by atoms with Crippen molar-refractivity contribution in [3.8, 4) is 11.4 Å². The molecular formula is C24H22Cl2N6O. The van der Waals surface area contributed by atoms with Crippen molar-refractivity contribution in [3.63, 3.8) is 0 Å². The second kappa shape index (κ2) is 8.92. The largest absolute Gasteiger partial charge is 0.353 e. The maximum Gasteiger partial charge on any atom is 0.322 e. The van der Waals surface area contributed by atoms with E-state index in [9.17, 15) is 4.79 Å². The maximum absolute atomic E-state index is 12.7. The van der Waals surface area contributed by atoms with Gasteiger partial charge in [-0.3, -0.25) is 0 Å². The van der Waals surface area contributed by atoms with Crippen molar-refractivity contribution < 1.29 is 4.79 Å². The van der Waals surface area contributed by atoms with E-state index < -0.39 is 0 Å². The molecule has 1 aliphatic rings. The summed E-state index contributed by atoms with van der Waals surface area (Å²) in [6.07, 6.45) is 1.81. The molecule has 2 amide bonds. The van der Waals surface area contributed by atoms with Gasteiger partial charge in [0.15, 0.2) is 0 Å². The maximum atomic E-state index is 12.7. The highest BCUT2D eigenvalue weighted by molar-refractivity contribution is 6.34. The van der Waals surface area contributed by atoms with E-state index in [0.29, 0.717) is 41.9 Å². The summed E-state index contributed by atoms with van der Waals surface area (Å²) in [5, 5.41) is 4.15. The third-order valence-corrected chi connectivity index (χ3v) is 6.36. The van der Waals surface area contributed by atoms with E-state index in [4.69, 9.17) is 23.2 Å². The number of hydrogen-bond acceptors (Lipinski definition) is 4. The lowest BCUT2D eigenvalue weighted by molar-refractivity contribution is 0.208. The topological polar surface area (TPSA) is 77.2 Å². The van der Waals surface area contributed by atoms with E-state index in [1.165, 1.54) is 0 Å². The molecule has 0 bridgehead atoms. The number of nitrogens with one attached hydrogen (secondary N) is 2. The molecule has 3 heterocycles. The quantitative estimate of drug-likeness (QED) is 0.400. The van der Waals surface area contributed by atoms with Gasteiger partial charge in [-0.2, -0.15) is 0 Å². The Balaban J connectivity index is 1.22. The molecule has 168 valence electrons. The number of hydrogen-bond donors (Lipinski definition) is 2. The van der Waals surface area contributed by atoms with Crippen molar-refractivity contribution in [2.24, 2.45) is 0 Å². The lowest BCUT2D eigenvalue weighted by Crippen LogP contribution is -2.50. The van der Waals surface area contributed by atoms with Crippen molar-refractivity contribution in [1.29, 1.82) is 0 Å². The molecule has 4 aromatic rings. The van der Waals surface area contributed by atoms with Crippen molar-refractivity contribution in [3.05, 3.63) is 70.3 Å². The predicted octanol–water partition coefficient (Wildman–Crippen LogP) is 5.59. The van der Waals surface area contributed by atoms with Crippen LogP contribution in [0, 0.1) is 6.92 Å². The number of carbonyl (C=O) groups is 1. The molecule has 5 rings (SSSR count). The van der Waals surface area contributed by atoms with E-state index in [0.717, 1.165) is 33.8 Å².